The fourth-order valence-electron chi connectivity index (χ4n) is 2.56. The summed E-state index contributed by atoms with van der Waals surface area (Å²) in [6.07, 6.45) is 2.64. The van der Waals surface area contributed by atoms with Crippen molar-refractivity contribution in [1.29, 1.82) is 0 Å². The quantitative estimate of drug-likeness (QED) is 0.923. The fraction of sp³-hybridized carbons (Fsp3) is 0.647. The van der Waals surface area contributed by atoms with E-state index >= 15 is 0 Å². The molecule has 0 aliphatic carbocycles. The van der Waals surface area contributed by atoms with Crippen LogP contribution < -0.4 is 10.2 Å². The monoisotopic (exact) mass is 320 g/mol. The van der Waals surface area contributed by atoms with Gasteiger partial charge in [0, 0.05) is 19.3 Å². The van der Waals surface area contributed by atoms with Gasteiger partial charge in [-0.15, -0.1) is 0 Å². The zero-order valence-electron chi connectivity index (χ0n) is 14.6. The van der Waals surface area contributed by atoms with Crippen molar-refractivity contribution in [3.8, 4) is 0 Å². The van der Waals surface area contributed by atoms with E-state index < -0.39 is 5.60 Å². The van der Waals surface area contributed by atoms with Crippen LogP contribution in [0.1, 0.15) is 34.1 Å². The standard InChI is InChI=1S/C17H28N4O2/c1-5-9-18-15-13-20(16(22)23-17(2,3)4)11-12-21(15)14-8-6-7-10-19-14/h6-8,10,15,18H,5,9,11-13H2,1-4H3. The highest BCUT2D eigenvalue weighted by Gasteiger charge is 2.32. The fourth-order valence-corrected chi connectivity index (χ4v) is 2.56. The average Bonchev–Trinajstić information content (AvgIpc) is 2.52. The van der Waals surface area contributed by atoms with E-state index in [0.717, 1.165) is 25.3 Å². The summed E-state index contributed by atoms with van der Waals surface area (Å²) in [5, 5.41) is 3.50. The van der Waals surface area contributed by atoms with E-state index in [2.05, 4.69) is 22.1 Å². The van der Waals surface area contributed by atoms with Crippen molar-refractivity contribution >= 4 is 11.9 Å². The Hall–Kier alpha value is -1.82. The molecule has 6 heteroatoms. The van der Waals surface area contributed by atoms with E-state index in [1.54, 1.807) is 11.1 Å². The highest BCUT2D eigenvalue weighted by Crippen LogP contribution is 2.18. The molecule has 0 saturated carbocycles. The molecule has 1 amide bonds. The molecular formula is C17H28N4O2. The lowest BCUT2D eigenvalue weighted by molar-refractivity contribution is 0.0204. The van der Waals surface area contributed by atoms with Crippen LogP contribution in [-0.4, -0.2) is 53.9 Å². The maximum atomic E-state index is 12.3. The summed E-state index contributed by atoms with van der Waals surface area (Å²) >= 11 is 0. The lowest BCUT2D eigenvalue weighted by atomic mass is 10.2. The molecule has 1 fully saturated rings. The third-order valence-electron chi connectivity index (χ3n) is 3.61. The van der Waals surface area contributed by atoms with Crippen LogP contribution in [0.25, 0.3) is 0 Å². The Morgan fingerprint density at radius 3 is 2.78 bits per heavy atom. The molecule has 128 valence electrons. The van der Waals surface area contributed by atoms with Crippen LogP contribution in [0.5, 0.6) is 0 Å². The number of piperazine rings is 1. The molecular weight excluding hydrogens is 292 g/mol. The normalized spacial score (nSPS) is 18.9. The second kappa shape index (κ2) is 7.64. The third-order valence-corrected chi connectivity index (χ3v) is 3.61. The molecule has 1 aromatic heterocycles. The van der Waals surface area contributed by atoms with Gasteiger partial charge in [-0.3, -0.25) is 5.32 Å². The molecule has 1 saturated heterocycles. The van der Waals surface area contributed by atoms with Crippen LogP contribution in [0.2, 0.25) is 0 Å². The minimum atomic E-state index is -0.471. The number of ether oxygens (including phenoxy) is 1. The number of nitrogens with zero attached hydrogens (tertiary/aromatic N) is 3. The van der Waals surface area contributed by atoms with Crippen molar-refractivity contribution in [2.45, 2.75) is 45.9 Å². The third kappa shape index (κ3) is 5.10. The second-order valence-electron chi connectivity index (χ2n) is 6.78. The Bertz CT molecular complexity index is 501. The van der Waals surface area contributed by atoms with E-state index in [1.807, 2.05) is 39.0 Å². The van der Waals surface area contributed by atoms with Crippen LogP contribution in [0.4, 0.5) is 10.6 Å². The summed E-state index contributed by atoms with van der Waals surface area (Å²) in [6.45, 7) is 10.7. The molecule has 23 heavy (non-hydrogen) atoms. The zero-order valence-corrected chi connectivity index (χ0v) is 14.6. The van der Waals surface area contributed by atoms with Crippen LogP contribution in [0, 0.1) is 0 Å². The SMILES string of the molecule is CCCNC1CN(C(=O)OC(C)(C)C)CCN1c1ccccn1. The predicted octanol–water partition coefficient (Wildman–Crippen LogP) is 2.46. The Kier molecular flexibility index (Phi) is 5.82. The summed E-state index contributed by atoms with van der Waals surface area (Å²) in [7, 11) is 0. The average molecular weight is 320 g/mol. The molecule has 1 aliphatic rings. The largest absolute Gasteiger partial charge is 0.444 e. The Morgan fingerprint density at radius 2 is 2.17 bits per heavy atom. The van der Waals surface area contributed by atoms with Gasteiger partial charge in [-0.05, 0) is 45.9 Å². The summed E-state index contributed by atoms with van der Waals surface area (Å²) in [5.41, 5.74) is -0.471. The molecule has 1 aliphatic heterocycles. The summed E-state index contributed by atoms with van der Waals surface area (Å²) in [6, 6.07) is 5.90. The van der Waals surface area contributed by atoms with Crippen molar-refractivity contribution in [2.24, 2.45) is 0 Å². The Balaban J connectivity index is 2.07. The van der Waals surface area contributed by atoms with E-state index in [0.29, 0.717) is 13.1 Å². The first-order valence-electron chi connectivity index (χ1n) is 8.29. The zero-order chi connectivity index (χ0) is 16.9. The number of carbonyl (C=O) groups excluding carboxylic acids is 1. The molecule has 2 heterocycles. The van der Waals surface area contributed by atoms with Crippen LogP contribution in [0.3, 0.4) is 0 Å². The minimum Gasteiger partial charge on any atom is -0.444 e. The molecule has 1 atom stereocenters. The van der Waals surface area contributed by atoms with Crippen LogP contribution in [-0.2, 0) is 4.74 Å². The Labute approximate surface area is 138 Å². The maximum absolute atomic E-state index is 12.3. The summed E-state index contributed by atoms with van der Waals surface area (Å²) in [4.78, 5) is 20.8. The topological polar surface area (TPSA) is 57.7 Å². The first-order valence-corrected chi connectivity index (χ1v) is 8.29. The number of amides is 1. The molecule has 0 spiro atoms. The van der Waals surface area contributed by atoms with E-state index in [-0.39, 0.29) is 12.3 Å². The molecule has 1 unspecified atom stereocenters. The Morgan fingerprint density at radius 1 is 1.39 bits per heavy atom. The van der Waals surface area contributed by atoms with Gasteiger partial charge in [-0.2, -0.15) is 0 Å². The van der Waals surface area contributed by atoms with Gasteiger partial charge in [0.25, 0.3) is 0 Å². The van der Waals surface area contributed by atoms with Crippen molar-refractivity contribution in [2.75, 3.05) is 31.1 Å². The molecule has 2 rings (SSSR count). The molecule has 1 aromatic rings. The molecule has 0 aromatic carbocycles. The maximum Gasteiger partial charge on any atom is 0.410 e. The van der Waals surface area contributed by atoms with Gasteiger partial charge in [0.05, 0.1) is 12.7 Å². The van der Waals surface area contributed by atoms with E-state index in [4.69, 9.17) is 4.74 Å². The first-order chi connectivity index (χ1) is 10.9. The molecule has 6 nitrogen and oxygen atoms in total. The van der Waals surface area contributed by atoms with Gasteiger partial charge >= 0.3 is 6.09 Å². The molecule has 0 radical (unpaired) electrons. The van der Waals surface area contributed by atoms with Crippen molar-refractivity contribution in [3.63, 3.8) is 0 Å². The molecule has 0 bridgehead atoms. The molecule has 1 N–H and O–H groups in total. The van der Waals surface area contributed by atoms with Crippen molar-refractivity contribution in [1.82, 2.24) is 15.2 Å². The number of rotatable bonds is 4. The number of nitrogens with one attached hydrogen (secondary N) is 1. The summed E-state index contributed by atoms with van der Waals surface area (Å²) < 4.78 is 5.50. The predicted molar refractivity (Wildman–Crippen MR) is 91.5 cm³/mol. The number of anilines is 1. The van der Waals surface area contributed by atoms with Crippen molar-refractivity contribution < 1.29 is 9.53 Å². The van der Waals surface area contributed by atoms with E-state index in [1.165, 1.54) is 0 Å². The van der Waals surface area contributed by atoms with Gasteiger partial charge in [0.15, 0.2) is 0 Å². The smallest absolute Gasteiger partial charge is 0.410 e. The van der Waals surface area contributed by atoms with Gasteiger partial charge < -0.3 is 14.5 Å². The van der Waals surface area contributed by atoms with Crippen LogP contribution in [0.15, 0.2) is 24.4 Å². The number of hydrogen-bond acceptors (Lipinski definition) is 5. The number of hydrogen-bond donors (Lipinski definition) is 1. The van der Waals surface area contributed by atoms with Gasteiger partial charge in [0.1, 0.15) is 11.4 Å². The second-order valence-corrected chi connectivity index (χ2v) is 6.78. The lowest BCUT2D eigenvalue weighted by Crippen LogP contribution is -2.61. The van der Waals surface area contributed by atoms with E-state index in [9.17, 15) is 4.79 Å². The summed E-state index contributed by atoms with van der Waals surface area (Å²) in [5.74, 6) is 0.935. The minimum absolute atomic E-state index is 0.0473. The van der Waals surface area contributed by atoms with Crippen molar-refractivity contribution in [3.05, 3.63) is 24.4 Å². The number of carbonyl (C=O) groups is 1. The van der Waals surface area contributed by atoms with Gasteiger partial charge in [-0.25, -0.2) is 9.78 Å². The van der Waals surface area contributed by atoms with Gasteiger partial charge in [0.2, 0.25) is 0 Å². The lowest BCUT2D eigenvalue weighted by Gasteiger charge is -2.42. The number of pyridine rings is 1. The highest BCUT2D eigenvalue weighted by atomic mass is 16.6. The van der Waals surface area contributed by atoms with Crippen LogP contribution >= 0.6 is 0 Å². The van der Waals surface area contributed by atoms with Gasteiger partial charge in [-0.1, -0.05) is 13.0 Å². The highest BCUT2D eigenvalue weighted by molar-refractivity contribution is 5.68. The number of aromatic nitrogens is 1. The first kappa shape index (κ1) is 17.5.